The molecule has 1 aromatic rings. The zero-order chi connectivity index (χ0) is 7.98. The topological polar surface area (TPSA) is 66.0 Å². The van der Waals surface area contributed by atoms with E-state index in [2.05, 4.69) is 9.97 Å². The molecule has 0 spiro atoms. The molecule has 56 valence electrons. The lowest BCUT2D eigenvalue weighted by atomic mass is 10.7. The quantitative estimate of drug-likeness (QED) is 0.554. The van der Waals surface area contributed by atoms with Crippen LogP contribution in [0.3, 0.4) is 0 Å². The molecule has 1 rings (SSSR count). The Balaban J connectivity index is 0.000000371. The van der Waals surface area contributed by atoms with Crippen LogP contribution in [0.5, 0.6) is 5.88 Å². The summed E-state index contributed by atoms with van der Waals surface area (Å²) in [4.78, 5) is 15.8. The van der Waals surface area contributed by atoms with Crippen LogP contribution in [0.25, 0.3) is 0 Å². The zero-order valence-corrected chi connectivity index (χ0v) is 5.96. The van der Waals surface area contributed by atoms with Crippen LogP contribution in [-0.4, -0.2) is 15.1 Å². The fraction of sp³-hybridized carbons (Fsp3) is 0.333. The Morgan fingerprint density at radius 1 is 1.60 bits per heavy atom. The molecule has 0 aliphatic rings. The van der Waals surface area contributed by atoms with E-state index < -0.39 is 11.4 Å². The van der Waals surface area contributed by atoms with Crippen molar-refractivity contribution in [2.45, 2.75) is 13.8 Å². The predicted molar refractivity (Wildman–Crippen MR) is 37.9 cm³/mol. The fourth-order valence-corrected chi connectivity index (χ4v) is 0.344. The Kier molecular flexibility index (Phi) is 3.95. The van der Waals surface area contributed by atoms with Gasteiger partial charge in [0.25, 0.3) is 5.88 Å². The van der Waals surface area contributed by atoms with E-state index in [4.69, 9.17) is 5.11 Å². The summed E-state index contributed by atoms with van der Waals surface area (Å²) in [6.45, 7) is 4.00. The van der Waals surface area contributed by atoms with E-state index in [0.717, 1.165) is 0 Å². The van der Waals surface area contributed by atoms with Gasteiger partial charge in [-0.15, -0.1) is 0 Å². The molecule has 0 saturated heterocycles. The largest absolute Gasteiger partial charge is 0.489 e. The van der Waals surface area contributed by atoms with Gasteiger partial charge in [0.1, 0.15) is 0 Å². The Hall–Kier alpha value is -1.32. The first-order valence-electron chi connectivity index (χ1n) is 3.03. The van der Waals surface area contributed by atoms with Crippen molar-refractivity contribution >= 4 is 0 Å². The van der Waals surface area contributed by atoms with Crippen LogP contribution in [0.4, 0.5) is 0 Å². The zero-order valence-electron chi connectivity index (χ0n) is 5.96. The monoisotopic (exact) mass is 142 g/mol. The Morgan fingerprint density at radius 2 is 2.20 bits per heavy atom. The minimum atomic E-state index is -0.562. The van der Waals surface area contributed by atoms with Crippen LogP contribution in [0.15, 0.2) is 17.2 Å². The average molecular weight is 142 g/mol. The third-order valence-corrected chi connectivity index (χ3v) is 0.689. The van der Waals surface area contributed by atoms with Gasteiger partial charge in [-0.3, -0.25) is 4.79 Å². The summed E-state index contributed by atoms with van der Waals surface area (Å²) >= 11 is 0. The lowest BCUT2D eigenvalue weighted by Crippen LogP contribution is -2.03. The molecular formula is C6H10N2O2. The van der Waals surface area contributed by atoms with Crippen LogP contribution in [-0.2, 0) is 0 Å². The number of hydrogen-bond acceptors (Lipinski definition) is 3. The molecule has 0 radical (unpaired) electrons. The number of H-pyrrole nitrogens is 1. The summed E-state index contributed by atoms with van der Waals surface area (Å²) in [7, 11) is 0. The molecule has 2 N–H and O–H groups in total. The van der Waals surface area contributed by atoms with Crippen LogP contribution in [0.1, 0.15) is 13.8 Å². The van der Waals surface area contributed by atoms with Crippen molar-refractivity contribution in [2.75, 3.05) is 0 Å². The number of nitrogens with one attached hydrogen (secondary N) is 1. The predicted octanol–water partition coefficient (Wildman–Crippen LogP) is 0.502. The highest BCUT2D eigenvalue weighted by Crippen LogP contribution is 1.84. The van der Waals surface area contributed by atoms with Crippen molar-refractivity contribution < 1.29 is 5.11 Å². The van der Waals surface area contributed by atoms with Crippen LogP contribution >= 0.6 is 0 Å². The summed E-state index contributed by atoms with van der Waals surface area (Å²) in [5.74, 6) is -0.493. The Morgan fingerprint density at radius 3 is 2.50 bits per heavy atom. The first-order valence-corrected chi connectivity index (χ1v) is 3.03. The molecule has 0 saturated carbocycles. The van der Waals surface area contributed by atoms with Crippen molar-refractivity contribution in [3.05, 3.63) is 22.7 Å². The number of hydrogen-bond donors (Lipinski definition) is 2. The van der Waals surface area contributed by atoms with Gasteiger partial charge in [-0.05, 0) is 0 Å². The molecule has 0 aliphatic heterocycles. The summed E-state index contributed by atoms with van der Waals surface area (Å²) < 4.78 is 0. The minimum absolute atomic E-state index is 0.493. The van der Waals surface area contributed by atoms with E-state index in [1.54, 1.807) is 0 Å². The summed E-state index contributed by atoms with van der Waals surface area (Å²) in [5, 5.41) is 8.46. The average Bonchev–Trinajstić information content (AvgIpc) is 2.00. The van der Waals surface area contributed by atoms with E-state index in [1.165, 1.54) is 12.4 Å². The second kappa shape index (κ2) is 4.55. The molecule has 0 atom stereocenters. The molecule has 1 heterocycles. The molecule has 4 heteroatoms. The van der Waals surface area contributed by atoms with Gasteiger partial charge in [-0.2, -0.15) is 0 Å². The summed E-state index contributed by atoms with van der Waals surface area (Å²) in [6, 6.07) is 0. The number of aromatic nitrogens is 2. The van der Waals surface area contributed by atoms with Crippen LogP contribution in [0, 0.1) is 0 Å². The molecule has 1 aromatic heterocycles. The van der Waals surface area contributed by atoms with Gasteiger partial charge >= 0.3 is 5.56 Å². The number of aromatic hydroxyl groups is 1. The van der Waals surface area contributed by atoms with E-state index in [-0.39, 0.29) is 0 Å². The van der Waals surface area contributed by atoms with Crippen molar-refractivity contribution in [2.24, 2.45) is 0 Å². The number of aromatic amines is 1. The first kappa shape index (κ1) is 8.68. The lowest BCUT2D eigenvalue weighted by molar-refractivity contribution is 0.444. The molecule has 10 heavy (non-hydrogen) atoms. The van der Waals surface area contributed by atoms with Crippen LogP contribution < -0.4 is 5.56 Å². The summed E-state index contributed by atoms with van der Waals surface area (Å²) in [5.41, 5.74) is -0.562. The molecule has 0 aliphatic carbocycles. The Labute approximate surface area is 58.6 Å². The number of rotatable bonds is 0. The third kappa shape index (κ3) is 2.30. The molecule has 0 amide bonds. The van der Waals surface area contributed by atoms with Gasteiger partial charge in [-0.25, -0.2) is 4.98 Å². The third-order valence-electron chi connectivity index (χ3n) is 0.689. The smallest absolute Gasteiger partial charge is 0.310 e. The normalized spacial score (nSPS) is 7.80. The van der Waals surface area contributed by atoms with Crippen molar-refractivity contribution in [1.29, 1.82) is 0 Å². The molecule has 4 nitrogen and oxygen atoms in total. The number of nitrogens with zero attached hydrogens (tertiary/aromatic N) is 1. The van der Waals surface area contributed by atoms with E-state index in [0.29, 0.717) is 0 Å². The first-order chi connectivity index (χ1) is 4.80. The Bertz CT molecular complexity index is 231. The van der Waals surface area contributed by atoms with Gasteiger partial charge in [-0.1, -0.05) is 13.8 Å². The fourth-order valence-electron chi connectivity index (χ4n) is 0.344. The molecule has 0 unspecified atom stereocenters. The van der Waals surface area contributed by atoms with Crippen LogP contribution in [0.2, 0.25) is 0 Å². The highest BCUT2D eigenvalue weighted by atomic mass is 16.3. The minimum Gasteiger partial charge on any atom is -0.489 e. The molecule has 0 aromatic carbocycles. The van der Waals surface area contributed by atoms with Gasteiger partial charge in [0.15, 0.2) is 0 Å². The highest BCUT2D eigenvalue weighted by Gasteiger charge is 1.89. The van der Waals surface area contributed by atoms with E-state index in [1.807, 2.05) is 13.8 Å². The lowest BCUT2D eigenvalue weighted by Gasteiger charge is -1.82. The SMILES string of the molecule is CC.O=c1[nH]ccnc1O. The maximum Gasteiger partial charge on any atom is 0.310 e. The maximum absolute atomic E-state index is 10.3. The second-order valence-electron chi connectivity index (χ2n) is 1.24. The van der Waals surface area contributed by atoms with Gasteiger partial charge in [0.2, 0.25) is 0 Å². The van der Waals surface area contributed by atoms with Gasteiger partial charge < -0.3 is 10.1 Å². The molecular weight excluding hydrogens is 132 g/mol. The second-order valence-corrected chi connectivity index (χ2v) is 1.24. The van der Waals surface area contributed by atoms with Gasteiger partial charge in [0.05, 0.1) is 0 Å². The van der Waals surface area contributed by atoms with Crippen molar-refractivity contribution in [3.8, 4) is 5.88 Å². The van der Waals surface area contributed by atoms with Gasteiger partial charge in [0, 0.05) is 12.4 Å². The van der Waals surface area contributed by atoms with Crippen molar-refractivity contribution in [1.82, 2.24) is 9.97 Å². The highest BCUT2D eigenvalue weighted by molar-refractivity contribution is 4.98. The van der Waals surface area contributed by atoms with Crippen molar-refractivity contribution in [3.63, 3.8) is 0 Å². The molecule has 0 fully saturated rings. The maximum atomic E-state index is 10.3. The standard InChI is InChI=1S/C4H4N2O2.C2H6/c7-3-4(8)6-2-1-5-3;1-2/h1-2H,(H,5,7)(H,6,8);1-2H3. The molecule has 0 bridgehead atoms. The van der Waals surface area contributed by atoms with E-state index >= 15 is 0 Å². The summed E-state index contributed by atoms with van der Waals surface area (Å²) in [6.07, 6.45) is 2.65. The van der Waals surface area contributed by atoms with E-state index in [9.17, 15) is 4.79 Å².